The number of piperidine rings is 1. The van der Waals surface area contributed by atoms with Crippen LogP contribution in [-0.2, 0) is 15.0 Å². The molecule has 1 heterocycles. The highest BCUT2D eigenvalue weighted by Crippen LogP contribution is 2.20. The second-order valence-corrected chi connectivity index (χ2v) is 7.63. The fourth-order valence-corrected chi connectivity index (χ4v) is 3.52. The number of nitrogens with one attached hydrogen (secondary N) is 1. The first-order valence-electron chi connectivity index (χ1n) is 7.35. The summed E-state index contributed by atoms with van der Waals surface area (Å²) in [6, 6.07) is 0. The molecule has 0 bridgehead atoms. The van der Waals surface area contributed by atoms with Gasteiger partial charge in [0.2, 0.25) is 5.91 Å². The molecule has 1 aliphatic rings. The van der Waals surface area contributed by atoms with Crippen LogP contribution in [0.15, 0.2) is 0 Å². The van der Waals surface area contributed by atoms with Crippen molar-refractivity contribution in [1.82, 2.24) is 13.9 Å². The summed E-state index contributed by atoms with van der Waals surface area (Å²) in [5, 5.41) is 2.91. The maximum atomic E-state index is 12.1. The summed E-state index contributed by atoms with van der Waals surface area (Å²) in [5.74, 6) is -0.236. The molecule has 1 aliphatic heterocycles. The van der Waals surface area contributed by atoms with Gasteiger partial charge in [-0.3, -0.25) is 4.79 Å². The Bertz CT molecular complexity index is 409. The fourth-order valence-electron chi connectivity index (χ4n) is 2.33. The predicted octanol–water partition coefficient (Wildman–Crippen LogP) is 0.811. The van der Waals surface area contributed by atoms with E-state index in [1.54, 1.807) is 0 Å². The summed E-state index contributed by atoms with van der Waals surface area (Å²) in [6.07, 6.45) is 4.70. The lowest BCUT2D eigenvalue weighted by atomic mass is 9.99. The molecule has 0 radical (unpaired) electrons. The van der Waals surface area contributed by atoms with E-state index in [0.717, 1.165) is 32.1 Å². The smallest absolute Gasteiger partial charge is 0.281 e. The number of rotatable bonds is 7. The summed E-state index contributed by atoms with van der Waals surface area (Å²) in [5.41, 5.74) is 0. The molecule has 0 saturated carbocycles. The van der Waals surface area contributed by atoms with Crippen molar-refractivity contribution in [2.45, 2.75) is 39.0 Å². The van der Waals surface area contributed by atoms with E-state index < -0.39 is 10.2 Å². The van der Waals surface area contributed by atoms with E-state index in [2.05, 4.69) is 12.2 Å². The Morgan fingerprint density at radius 1 is 1.35 bits per heavy atom. The molecule has 0 aromatic carbocycles. The lowest BCUT2D eigenvalue weighted by molar-refractivity contribution is -0.126. The van der Waals surface area contributed by atoms with E-state index in [0.29, 0.717) is 19.6 Å². The van der Waals surface area contributed by atoms with Crippen molar-refractivity contribution >= 4 is 16.1 Å². The summed E-state index contributed by atoms with van der Waals surface area (Å²) < 4.78 is 26.8. The third-order valence-electron chi connectivity index (χ3n) is 3.62. The number of hydrogen-bond donors (Lipinski definition) is 1. The van der Waals surface area contributed by atoms with Crippen LogP contribution in [-0.4, -0.2) is 56.7 Å². The zero-order valence-electron chi connectivity index (χ0n) is 12.8. The predicted molar refractivity (Wildman–Crippen MR) is 79.4 cm³/mol. The molecule has 118 valence electrons. The van der Waals surface area contributed by atoms with Crippen LogP contribution < -0.4 is 5.32 Å². The van der Waals surface area contributed by atoms with Crippen LogP contribution in [0.1, 0.15) is 39.0 Å². The maximum absolute atomic E-state index is 12.1. The van der Waals surface area contributed by atoms with Gasteiger partial charge in [0, 0.05) is 33.7 Å². The zero-order valence-corrected chi connectivity index (χ0v) is 13.6. The quantitative estimate of drug-likeness (QED) is 0.708. The Hall–Kier alpha value is -0.660. The third-order valence-corrected chi connectivity index (χ3v) is 5.53. The van der Waals surface area contributed by atoms with Gasteiger partial charge in [-0.1, -0.05) is 19.8 Å². The Kier molecular flexibility index (Phi) is 6.91. The van der Waals surface area contributed by atoms with Crippen molar-refractivity contribution in [2.75, 3.05) is 33.7 Å². The third kappa shape index (κ3) is 4.71. The normalized spacial score (nSPS) is 21.1. The molecule has 1 rings (SSSR count). The van der Waals surface area contributed by atoms with Gasteiger partial charge in [0.05, 0.1) is 5.92 Å². The molecule has 0 aliphatic carbocycles. The zero-order chi connectivity index (χ0) is 15.2. The van der Waals surface area contributed by atoms with Crippen LogP contribution in [0.4, 0.5) is 0 Å². The molecule has 20 heavy (non-hydrogen) atoms. The number of carbonyl (C=O) groups excluding carboxylic acids is 1. The summed E-state index contributed by atoms with van der Waals surface area (Å²) in [6.45, 7) is 3.59. The van der Waals surface area contributed by atoms with Gasteiger partial charge in [-0.05, 0) is 19.3 Å². The first-order chi connectivity index (χ1) is 9.39. The molecule has 6 nitrogen and oxygen atoms in total. The van der Waals surface area contributed by atoms with Crippen LogP contribution in [0.5, 0.6) is 0 Å². The highest BCUT2D eigenvalue weighted by Gasteiger charge is 2.33. The molecule has 1 N–H and O–H groups in total. The number of carbonyl (C=O) groups is 1. The Morgan fingerprint density at radius 3 is 2.65 bits per heavy atom. The van der Waals surface area contributed by atoms with Crippen molar-refractivity contribution in [1.29, 1.82) is 0 Å². The van der Waals surface area contributed by atoms with E-state index in [1.165, 1.54) is 22.7 Å². The Morgan fingerprint density at radius 2 is 2.05 bits per heavy atom. The SMILES string of the molecule is CCCCCNC(=O)C1CCCN(S(=O)(=O)N(C)C)C1. The van der Waals surface area contributed by atoms with Gasteiger partial charge < -0.3 is 5.32 Å². The average molecular weight is 305 g/mol. The highest BCUT2D eigenvalue weighted by molar-refractivity contribution is 7.86. The van der Waals surface area contributed by atoms with Crippen LogP contribution in [0, 0.1) is 5.92 Å². The van der Waals surface area contributed by atoms with Gasteiger partial charge in [-0.15, -0.1) is 0 Å². The molecule has 1 fully saturated rings. The molecule has 0 aromatic rings. The first kappa shape index (κ1) is 17.4. The topological polar surface area (TPSA) is 69.7 Å². The van der Waals surface area contributed by atoms with Gasteiger partial charge in [-0.25, -0.2) is 0 Å². The van der Waals surface area contributed by atoms with Gasteiger partial charge in [0.1, 0.15) is 0 Å². The van der Waals surface area contributed by atoms with E-state index in [4.69, 9.17) is 0 Å². The minimum absolute atomic E-state index is 0.0141. The van der Waals surface area contributed by atoms with Crippen LogP contribution in [0.2, 0.25) is 0 Å². The standard InChI is InChI=1S/C13H27N3O3S/c1-4-5-6-9-14-13(17)12-8-7-10-16(11-12)20(18,19)15(2)3/h12H,4-11H2,1-3H3,(H,14,17). The van der Waals surface area contributed by atoms with Gasteiger partial charge in [0.25, 0.3) is 10.2 Å². The van der Waals surface area contributed by atoms with Crippen LogP contribution >= 0.6 is 0 Å². The van der Waals surface area contributed by atoms with E-state index in [1.807, 2.05) is 0 Å². The monoisotopic (exact) mass is 305 g/mol. The van der Waals surface area contributed by atoms with Crippen molar-refractivity contribution in [3.63, 3.8) is 0 Å². The molecule has 0 aromatic heterocycles. The molecule has 1 atom stereocenters. The van der Waals surface area contributed by atoms with Crippen LogP contribution in [0.25, 0.3) is 0 Å². The second-order valence-electron chi connectivity index (χ2n) is 5.49. The van der Waals surface area contributed by atoms with E-state index >= 15 is 0 Å². The van der Waals surface area contributed by atoms with Crippen molar-refractivity contribution in [3.05, 3.63) is 0 Å². The molecule has 7 heteroatoms. The van der Waals surface area contributed by atoms with Crippen LogP contribution in [0.3, 0.4) is 0 Å². The molecule has 1 amide bonds. The fraction of sp³-hybridized carbons (Fsp3) is 0.923. The van der Waals surface area contributed by atoms with Crippen molar-refractivity contribution < 1.29 is 13.2 Å². The lowest BCUT2D eigenvalue weighted by Crippen LogP contribution is -2.48. The molecule has 0 spiro atoms. The Labute approximate surface area is 122 Å². The largest absolute Gasteiger partial charge is 0.356 e. The lowest BCUT2D eigenvalue weighted by Gasteiger charge is -2.32. The van der Waals surface area contributed by atoms with Crippen molar-refractivity contribution in [2.24, 2.45) is 5.92 Å². The second kappa shape index (κ2) is 7.95. The minimum atomic E-state index is -3.41. The highest BCUT2D eigenvalue weighted by atomic mass is 32.2. The molecular formula is C13H27N3O3S. The number of hydrogen-bond acceptors (Lipinski definition) is 3. The van der Waals surface area contributed by atoms with Gasteiger partial charge >= 0.3 is 0 Å². The molecule has 1 saturated heterocycles. The average Bonchev–Trinajstić information content (AvgIpc) is 2.43. The summed E-state index contributed by atoms with van der Waals surface area (Å²) >= 11 is 0. The van der Waals surface area contributed by atoms with Gasteiger partial charge in [-0.2, -0.15) is 17.0 Å². The maximum Gasteiger partial charge on any atom is 0.281 e. The first-order valence-corrected chi connectivity index (χ1v) is 8.74. The summed E-state index contributed by atoms with van der Waals surface area (Å²) in [4.78, 5) is 12.1. The number of unbranched alkanes of at least 4 members (excludes halogenated alkanes) is 2. The summed E-state index contributed by atoms with van der Waals surface area (Å²) in [7, 11) is -0.374. The number of amides is 1. The van der Waals surface area contributed by atoms with E-state index in [9.17, 15) is 13.2 Å². The number of nitrogens with zero attached hydrogens (tertiary/aromatic N) is 2. The molecule has 1 unspecified atom stereocenters. The Balaban J connectivity index is 2.50. The minimum Gasteiger partial charge on any atom is -0.356 e. The molecular weight excluding hydrogens is 278 g/mol. The van der Waals surface area contributed by atoms with Gasteiger partial charge in [0.15, 0.2) is 0 Å². The van der Waals surface area contributed by atoms with Crippen molar-refractivity contribution in [3.8, 4) is 0 Å². The van der Waals surface area contributed by atoms with E-state index in [-0.39, 0.29) is 11.8 Å².